The van der Waals surface area contributed by atoms with E-state index in [2.05, 4.69) is 18.1 Å². The van der Waals surface area contributed by atoms with Gasteiger partial charge in [-0.2, -0.15) is 10.4 Å². The van der Waals surface area contributed by atoms with Crippen molar-refractivity contribution in [3.8, 4) is 11.8 Å². The van der Waals surface area contributed by atoms with Gasteiger partial charge >= 0.3 is 0 Å². The molecule has 1 heterocycles. The number of rotatable bonds is 5. The van der Waals surface area contributed by atoms with E-state index in [-0.39, 0.29) is 0 Å². The van der Waals surface area contributed by atoms with Crippen LogP contribution in [0.15, 0.2) is 18.2 Å². The smallest absolute Gasteiger partial charge is 0.124 e. The zero-order chi connectivity index (χ0) is 15.4. The maximum Gasteiger partial charge on any atom is 0.124 e. The second kappa shape index (κ2) is 6.31. The number of anilines is 1. The number of nitrogens with two attached hydrogens (primary N) is 1. The van der Waals surface area contributed by atoms with Crippen LogP contribution >= 0.6 is 0 Å². The van der Waals surface area contributed by atoms with E-state index >= 15 is 0 Å². The molecule has 5 heteroatoms. The van der Waals surface area contributed by atoms with Crippen molar-refractivity contribution in [2.24, 2.45) is 0 Å². The van der Waals surface area contributed by atoms with E-state index in [0.717, 1.165) is 41.2 Å². The van der Waals surface area contributed by atoms with Crippen molar-refractivity contribution in [3.05, 3.63) is 40.7 Å². The number of hydrogen-bond acceptors (Lipinski definition) is 4. The molecule has 0 amide bonds. The molecule has 21 heavy (non-hydrogen) atoms. The summed E-state index contributed by atoms with van der Waals surface area (Å²) in [6.07, 6.45) is 1.63. The Morgan fingerprint density at radius 3 is 2.67 bits per heavy atom. The molecule has 5 nitrogen and oxygen atoms in total. The van der Waals surface area contributed by atoms with Crippen LogP contribution in [0.5, 0.6) is 5.75 Å². The fourth-order valence-electron chi connectivity index (χ4n) is 2.46. The van der Waals surface area contributed by atoms with Crippen LogP contribution in [0.4, 0.5) is 5.69 Å². The molecule has 1 aromatic heterocycles. The summed E-state index contributed by atoms with van der Waals surface area (Å²) in [6, 6.07) is 7.55. The van der Waals surface area contributed by atoms with Crippen molar-refractivity contribution < 1.29 is 4.74 Å². The second-order valence-electron chi connectivity index (χ2n) is 4.81. The van der Waals surface area contributed by atoms with Crippen LogP contribution in [-0.4, -0.2) is 16.9 Å². The van der Waals surface area contributed by atoms with Gasteiger partial charge in [0.25, 0.3) is 0 Å². The second-order valence-corrected chi connectivity index (χ2v) is 4.81. The summed E-state index contributed by atoms with van der Waals surface area (Å²) in [5.41, 5.74) is 10.4. The fourth-order valence-corrected chi connectivity index (χ4v) is 2.46. The standard InChI is InChI=1S/C16H20N4O/c1-4-13-16(18)14(5-2)20(19-13)10-12-8-11(9-17)6-7-15(12)21-3/h6-8H,4-5,10,18H2,1-3H3. The number of nitrogen functional groups attached to an aromatic ring is 1. The van der Waals surface area contributed by atoms with E-state index in [4.69, 9.17) is 15.7 Å². The van der Waals surface area contributed by atoms with Gasteiger partial charge in [-0.05, 0) is 31.0 Å². The van der Waals surface area contributed by atoms with E-state index in [1.807, 2.05) is 23.7 Å². The molecule has 110 valence electrons. The number of aromatic nitrogens is 2. The van der Waals surface area contributed by atoms with E-state index in [1.54, 1.807) is 13.2 Å². The van der Waals surface area contributed by atoms with Crippen molar-refractivity contribution in [2.75, 3.05) is 12.8 Å². The molecule has 2 rings (SSSR count). The first kappa shape index (κ1) is 14.9. The van der Waals surface area contributed by atoms with Crippen molar-refractivity contribution in [1.29, 1.82) is 5.26 Å². The molecule has 2 N–H and O–H groups in total. The Balaban J connectivity index is 2.45. The predicted octanol–water partition coefficient (Wildman–Crippen LogP) is 2.52. The van der Waals surface area contributed by atoms with Crippen molar-refractivity contribution in [2.45, 2.75) is 33.2 Å². The lowest BCUT2D eigenvalue weighted by molar-refractivity contribution is 0.407. The van der Waals surface area contributed by atoms with Gasteiger partial charge in [-0.1, -0.05) is 13.8 Å². The first-order valence-electron chi connectivity index (χ1n) is 7.05. The monoisotopic (exact) mass is 284 g/mol. The Morgan fingerprint density at radius 1 is 1.33 bits per heavy atom. The van der Waals surface area contributed by atoms with Gasteiger partial charge in [0, 0.05) is 5.56 Å². The third kappa shape index (κ3) is 2.84. The molecule has 0 saturated heterocycles. The van der Waals surface area contributed by atoms with Gasteiger partial charge < -0.3 is 10.5 Å². The lowest BCUT2D eigenvalue weighted by Gasteiger charge is -2.11. The molecule has 0 fully saturated rings. The molecule has 0 saturated carbocycles. The van der Waals surface area contributed by atoms with E-state index < -0.39 is 0 Å². The Labute approximate surface area is 124 Å². The van der Waals surface area contributed by atoms with Crippen LogP contribution in [0.1, 0.15) is 36.4 Å². The topological polar surface area (TPSA) is 76.9 Å². The average Bonchev–Trinajstić information content (AvgIpc) is 2.82. The number of methoxy groups -OCH3 is 1. The van der Waals surface area contributed by atoms with E-state index in [0.29, 0.717) is 12.1 Å². The summed E-state index contributed by atoms with van der Waals surface area (Å²) in [5, 5.41) is 13.6. The van der Waals surface area contributed by atoms with Gasteiger partial charge in [-0.25, -0.2) is 0 Å². The lowest BCUT2D eigenvalue weighted by atomic mass is 10.1. The third-order valence-electron chi connectivity index (χ3n) is 3.57. The summed E-state index contributed by atoms with van der Waals surface area (Å²) >= 11 is 0. The minimum atomic E-state index is 0.548. The summed E-state index contributed by atoms with van der Waals surface area (Å²) in [7, 11) is 1.63. The highest BCUT2D eigenvalue weighted by atomic mass is 16.5. The van der Waals surface area contributed by atoms with Crippen LogP contribution in [0, 0.1) is 11.3 Å². The first-order chi connectivity index (χ1) is 10.1. The normalized spacial score (nSPS) is 10.4. The number of nitriles is 1. The molecular formula is C16H20N4O. The van der Waals surface area contributed by atoms with Gasteiger partial charge in [0.1, 0.15) is 5.75 Å². The maximum absolute atomic E-state index is 9.05. The molecule has 0 aliphatic carbocycles. The van der Waals surface area contributed by atoms with Crippen LogP contribution < -0.4 is 10.5 Å². The van der Waals surface area contributed by atoms with Crippen LogP contribution in [0.3, 0.4) is 0 Å². The molecule has 0 spiro atoms. The maximum atomic E-state index is 9.05. The summed E-state index contributed by atoms with van der Waals surface area (Å²) in [4.78, 5) is 0. The number of benzene rings is 1. The molecular weight excluding hydrogens is 264 g/mol. The quantitative estimate of drug-likeness (QED) is 0.915. The van der Waals surface area contributed by atoms with Gasteiger partial charge in [-0.15, -0.1) is 0 Å². The zero-order valence-electron chi connectivity index (χ0n) is 12.7. The Bertz CT molecular complexity index is 682. The molecule has 0 bridgehead atoms. The van der Waals surface area contributed by atoms with Crippen LogP contribution in [-0.2, 0) is 19.4 Å². The number of hydrogen-bond donors (Lipinski definition) is 1. The number of aryl methyl sites for hydroxylation is 1. The highest BCUT2D eigenvalue weighted by Crippen LogP contribution is 2.24. The number of nitrogens with zero attached hydrogens (tertiary/aromatic N) is 3. The molecule has 0 unspecified atom stereocenters. The highest BCUT2D eigenvalue weighted by Gasteiger charge is 2.14. The van der Waals surface area contributed by atoms with Gasteiger partial charge in [0.15, 0.2) is 0 Å². The largest absolute Gasteiger partial charge is 0.496 e. The van der Waals surface area contributed by atoms with Crippen LogP contribution in [0.2, 0.25) is 0 Å². The molecule has 0 radical (unpaired) electrons. The Morgan fingerprint density at radius 2 is 2.10 bits per heavy atom. The van der Waals surface area contributed by atoms with Crippen LogP contribution in [0.25, 0.3) is 0 Å². The Hall–Kier alpha value is -2.48. The summed E-state index contributed by atoms with van der Waals surface area (Å²) in [6.45, 7) is 4.65. The minimum absolute atomic E-state index is 0.548. The van der Waals surface area contributed by atoms with Gasteiger partial charge in [0.2, 0.25) is 0 Å². The van der Waals surface area contributed by atoms with E-state index in [9.17, 15) is 0 Å². The van der Waals surface area contributed by atoms with E-state index in [1.165, 1.54) is 0 Å². The van der Waals surface area contributed by atoms with Gasteiger partial charge in [-0.3, -0.25) is 4.68 Å². The van der Waals surface area contributed by atoms with Gasteiger partial charge in [0.05, 0.1) is 42.4 Å². The van der Waals surface area contributed by atoms with Crippen molar-refractivity contribution in [1.82, 2.24) is 9.78 Å². The summed E-state index contributed by atoms with van der Waals surface area (Å²) in [5.74, 6) is 0.753. The predicted molar refractivity (Wildman–Crippen MR) is 82.2 cm³/mol. The first-order valence-corrected chi connectivity index (χ1v) is 7.05. The molecule has 0 aliphatic rings. The zero-order valence-corrected chi connectivity index (χ0v) is 12.7. The van der Waals surface area contributed by atoms with Crippen molar-refractivity contribution >= 4 is 5.69 Å². The molecule has 0 atom stereocenters. The Kier molecular flexibility index (Phi) is 4.49. The SMILES string of the molecule is CCc1nn(Cc2cc(C#N)ccc2OC)c(CC)c1N. The molecule has 0 aliphatic heterocycles. The highest BCUT2D eigenvalue weighted by molar-refractivity contribution is 5.49. The molecule has 2 aromatic rings. The minimum Gasteiger partial charge on any atom is -0.496 e. The average molecular weight is 284 g/mol. The molecule has 1 aromatic carbocycles. The number of ether oxygens (including phenoxy) is 1. The fraction of sp³-hybridized carbons (Fsp3) is 0.375. The third-order valence-corrected chi connectivity index (χ3v) is 3.57. The summed E-state index contributed by atoms with van der Waals surface area (Å²) < 4.78 is 7.28. The lowest BCUT2D eigenvalue weighted by Crippen LogP contribution is -2.08. The van der Waals surface area contributed by atoms with Crippen molar-refractivity contribution in [3.63, 3.8) is 0 Å².